The topological polar surface area (TPSA) is 36.7 Å². The van der Waals surface area contributed by atoms with Crippen LogP contribution in [0.4, 0.5) is 4.39 Å². The van der Waals surface area contributed by atoms with E-state index in [2.05, 4.69) is 22.1 Å². The number of piperazine rings is 1. The maximum absolute atomic E-state index is 13.3. The van der Waals surface area contributed by atoms with Gasteiger partial charge < -0.3 is 4.90 Å². The van der Waals surface area contributed by atoms with Crippen LogP contribution in [0, 0.1) is 5.82 Å². The minimum atomic E-state index is -0.256. The second-order valence-corrected chi connectivity index (χ2v) is 6.72. The van der Waals surface area contributed by atoms with Gasteiger partial charge in [0.15, 0.2) is 0 Å². The normalized spacial score (nSPS) is 15.6. The molecule has 1 aliphatic rings. The molecule has 0 N–H and O–H groups in total. The van der Waals surface area contributed by atoms with E-state index in [0.29, 0.717) is 0 Å². The van der Waals surface area contributed by atoms with Gasteiger partial charge in [0.2, 0.25) is 0 Å². The first kappa shape index (κ1) is 17.4. The first-order valence-electron chi connectivity index (χ1n) is 9.07. The Balaban J connectivity index is 1.68. The summed E-state index contributed by atoms with van der Waals surface area (Å²) in [4.78, 5) is 2.30. The zero-order chi connectivity index (χ0) is 18.6. The Morgan fingerprint density at radius 3 is 2.37 bits per heavy atom. The SMILES string of the molecule is CN1CCN(N=Cc2cn(-c3ccccc3)nc2-c2ccc(F)cc2)CC1. The smallest absolute Gasteiger partial charge is 0.123 e. The number of rotatable bonds is 4. The number of halogens is 1. The summed E-state index contributed by atoms with van der Waals surface area (Å²) in [5.74, 6) is -0.256. The maximum atomic E-state index is 13.3. The molecule has 0 unspecified atom stereocenters. The molecular weight excluding hydrogens is 341 g/mol. The molecule has 0 saturated carbocycles. The Bertz CT molecular complexity index is 910. The molecule has 0 spiro atoms. The molecule has 1 saturated heterocycles. The van der Waals surface area contributed by atoms with E-state index >= 15 is 0 Å². The van der Waals surface area contributed by atoms with Gasteiger partial charge in [0.25, 0.3) is 0 Å². The molecule has 2 aromatic carbocycles. The highest BCUT2D eigenvalue weighted by molar-refractivity contribution is 5.88. The number of para-hydroxylation sites is 1. The predicted molar refractivity (Wildman–Crippen MR) is 106 cm³/mol. The van der Waals surface area contributed by atoms with E-state index in [-0.39, 0.29) is 5.82 Å². The van der Waals surface area contributed by atoms with Gasteiger partial charge in [-0.25, -0.2) is 9.07 Å². The Kier molecular flexibility index (Phi) is 4.98. The molecule has 138 valence electrons. The third kappa shape index (κ3) is 4.06. The molecule has 1 aliphatic heterocycles. The fraction of sp³-hybridized carbons (Fsp3) is 0.238. The fourth-order valence-corrected chi connectivity index (χ4v) is 3.08. The number of benzene rings is 2. The number of aromatic nitrogens is 2. The maximum Gasteiger partial charge on any atom is 0.123 e. The van der Waals surface area contributed by atoms with Gasteiger partial charge in [-0.05, 0) is 43.4 Å². The first-order valence-corrected chi connectivity index (χ1v) is 9.07. The molecule has 27 heavy (non-hydrogen) atoms. The summed E-state index contributed by atoms with van der Waals surface area (Å²) in [7, 11) is 2.12. The van der Waals surface area contributed by atoms with E-state index in [4.69, 9.17) is 5.10 Å². The highest BCUT2D eigenvalue weighted by atomic mass is 19.1. The van der Waals surface area contributed by atoms with Crippen LogP contribution in [0.5, 0.6) is 0 Å². The minimum absolute atomic E-state index is 0.256. The lowest BCUT2D eigenvalue weighted by Gasteiger charge is -2.30. The number of hydrazone groups is 1. The molecule has 4 rings (SSSR count). The van der Waals surface area contributed by atoms with E-state index in [1.54, 1.807) is 12.1 Å². The van der Waals surface area contributed by atoms with Gasteiger partial charge in [-0.15, -0.1) is 0 Å². The summed E-state index contributed by atoms with van der Waals surface area (Å²) in [5, 5.41) is 11.5. The van der Waals surface area contributed by atoms with E-state index < -0.39 is 0 Å². The Labute approximate surface area is 158 Å². The number of hydrogen-bond acceptors (Lipinski definition) is 4. The van der Waals surface area contributed by atoms with Gasteiger partial charge in [-0.3, -0.25) is 5.01 Å². The molecule has 5 nitrogen and oxygen atoms in total. The van der Waals surface area contributed by atoms with Crippen LogP contribution in [-0.4, -0.2) is 59.1 Å². The van der Waals surface area contributed by atoms with Crippen molar-refractivity contribution in [2.24, 2.45) is 5.10 Å². The van der Waals surface area contributed by atoms with Crippen LogP contribution >= 0.6 is 0 Å². The van der Waals surface area contributed by atoms with Gasteiger partial charge in [0.1, 0.15) is 11.5 Å². The van der Waals surface area contributed by atoms with Crippen molar-refractivity contribution in [2.75, 3.05) is 33.2 Å². The van der Waals surface area contributed by atoms with E-state index in [0.717, 1.165) is 48.7 Å². The zero-order valence-electron chi connectivity index (χ0n) is 15.3. The van der Waals surface area contributed by atoms with Crippen LogP contribution in [0.25, 0.3) is 16.9 Å². The van der Waals surface area contributed by atoms with E-state index in [1.165, 1.54) is 12.1 Å². The highest BCUT2D eigenvalue weighted by Gasteiger charge is 2.14. The summed E-state index contributed by atoms with van der Waals surface area (Å²) in [6.45, 7) is 3.83. The highest BCUT2D eigenvalue weighted by Crippen LogP contribution is 2.23. The van der Waals surface area contributed by atoms with Gasteiger partial charge in [0, 0.05) is 43.5 Å². The average molecular weight is 363 g/mol. The van der Waals surface area contributed by atoms with Gasteiger partial charge in [-0.1, -0.05) is 18.2 Å². The molecule has 6 heteroatoms. The molecular formula is C21H22FN5. The number of hydrogen-bond donors (Lipinski definition) is 0. The lowest BCUT2D eigenvalue weighted by molar-refractivity contribution is 0.159. The van der Waals surface area contributed by atoms with Crippen LogP contribution in [0.2, 0.25) is 0 Å². The molecule has 1 aromatic heterocycles. The van der Waals surface area contributed by atoms with Crippen LogP contribution in [0.3, 0.4) is 0 Å². The summed E-state index contributed by atoms with van der Waals surface area (Å²) in [5.41, 5.74) is 3.53. The number of nitrogens with zero attached hydrogens (tertiary/aromatic N) is 5. The third-order valence-corrected chi connectivity index (χ3v) is 4.72. The quantitative estimate of drug-likeness (QED) is 0.668. The lowest BCUT2D eigenvalue weighted by Crippen LogP contribution is -2.41. The Hall–Kier alpha value is -2.99. The Morgan fingerprint density at radius 1 is 0.963 bits per heavy atom. The van der Waals surface area contributed by atoms with Crippen molar-refractivity contribution in [2.45, 2.75) is 0 Å². The van der Waals surface area contributed by atoms with Crippen molar-refractivity contribution in [1.82, 2.24) is 19.7 Å². The summed E-state index contributed by atoms with van der Waals surface area (Å²) < 4.78 is 15.2. The standard InChI is InChI=1S/C21H22FN5/c1-25-11-13-26(14-12-25)23-15-18-16-27(20-5-3-2-4-6-20)24-21(18)17-7-9-19(22)10-8-17/h2-10,15-16H,11-14H2,1H3. The van der Waals surface area contributed by atoms with E-state index in [9.17, 15) is 4.39 Å². The van der Waals surface area contributed by atoms with Crippen molar-refractivity contribution in [3.05, 3.63) is 72.2 Å². The van der Waals surface area contributed by atoms with Crippen molar-refractivity contribution in [3.8, 4) is 16.9 Å². The van der Waals surface area contributed by atoms with Crippen LogP contribution in [0.15, 0.2) is 65.9 Å². The second kappa shape index (κ2) is 7.72. The van der Waals surface area contributed by atoms with Crippen LogP contribution in [-0.2, 0) is 0 Å². The second-order valence-electron chi connectivity index (χ2n) is 6.72. The molecule has 2 heterocycles. The minimum Gasteiger partial charge on any atom is -0.303 e. The lowest BCUT2D eigenvalue weighted by atomic mass is 10.1. The van der Waals surface area contributed by atoms with Crippen molar-refractivity contribution in [1.29, 1.82) is 0 Å². The molecule has 3 aromatic rings. The van der Waals surface area contributed by atoms with Crippen LogP contribution in [0.1, 0.15) is 5.56 Å². The largest absolute Gasteiger partial charge is 0.303 e. The molecule has 0 radical (unpaired) electrons. The molecule has 1 fully saturated rings. The monoisotopic (exact) mass is 363 g/mol. The Morgan fingerprint density at radius 2 is 1.67 bits per heavy atom. The van der Waals surface area contributed by atoms with Gasteiger partial charge in [0.05, 0.1) is 11.9 Å². The predicted octanol–water partition coefficient (Wildman–Crippen LogP) is 3.26. The molecule has 0 amide bonds. The average Bonchev–Trinajstić information content (AvgIpc) is 3.13. The third-order valence-electron chi connectivity index (χ3n) is 4.72. The molecule has 0 atom stereocenters. The molecule has 0 bridgehead atoms. The summed E-state index contributed by atoms with van der Waals surface area (Å²) in [6, 6.07) is 16.4. The van der Waals surface area contributed by atoms with Crippen molar-refractivity contribution >= 4 is 6.21 Å². The fourth-order valence-electron chi connectivity index (χ4n) is 3.08. The van der Waals surface area contributed by atoms with Crippen LogP contribution < -0.4 is 0 Å². The number of likely N-dealkylation sites (N-methyl/N-ethyl adjacent to an activating group) is 1. The first-order chi connectivity index (χ1) is 13.2. The van der Waals surface area contributed by atoms with Gasteiger partial charge in [-0.2, -0.15) is 10.2 Å². The zero-order valence-corrected chi connectivity index (χ0v) is 15.3. The van der Waals surface area contributed by atoms with Crippen molar-refractivity contribution < 1.29 is 4.39 Å². The molecule has 0 aliphatic carbocycles. The van der Waals surface area contributed by atoms with Crippen molar-refractivity contribution in [3.63, 3.8) is 0 Å². The summed E-state index contributed by atoms with van der Waals surface area (Å²) >= 11 is 0. The van der Waals surface area contributed by atoms with E-state index in [1.807, 2.05) is 47.4 Å². The van der Waals surface area contributed by atoms with Gasteiger partial charge >= 0.3 is 0 Å². The summed E-state index contributed by atoms with van der Waals surface area (Å²) in [6.07, 6.45) is 3.82.